The second kappa shape index (κ2) is 7.60. The molecule has 6 N–H and O–H groups in total. The monoisotopic (exact) mass is 307 g/mol. The molecule has 0 rings (SSSR count). The zero-order valence-electron chi connectivity index (χ0n) is 10.6. The van der Waals surface area contributed by atoms with Crippen LogP contribution in [-0.2, 0) is 24.2 Å². The maximum Gasteiger partial charge on any atom is 0.320 e. The summed E-state index contributed by atoms with van der Waals surface area (Å²) >= 11 is 0. The fourth-order valence-corrected chi connectivity index (χ4v) is 2.02. The number of carboxylic acids is 1. The van der Waals surface area contributed by atoms with E-state index in [-0.39, 0.29) is 12.8 Å². The van der Waals surface area contributed by atoms with Gasteiger partial charge in [-0.1, -0.05) is 6.58 Å². The van der Waals surface area contributed by atoms with Crippen molar-refractivity contribution in [3.05, 3.63) is 12.0 Å². The normalized spacial score (nSPS) is 14.1. The molecular formula is C10H17N3O6S. The quantitative estimate of drug-likeness (QED) is 0.371. The standard InChI is InChI=1S/C10H17N3O6S/c1-2-20(18,19)5-7(9(12)15)13-8(14)4-3-6(11)10(16)17/h2,6-7H,1,3-5,11H2,(H2,12,15)(H,13,14)(H,16,17)/t6-,7-/m0/s1. The Morgan fingerprint density at radius 2 is 1.90 bits per heavy atom. The van der Waals surface area contributed by atoms with Gasteiger partial charge in [0.15, 0.2) is 9.84 Å². The first kappa shape index (κ1) is 18.1. The zero-order chi connectivity index (χ0) is 15.9. The molecule has 0 radical (unpaired) electrons. The van der Waals surface area contributed by atoms with E-state index in [0.29, 0.717) is 5.41 Å². The molecule has 0 aliphatic rings. The number of nitrogens with one attached hydrogen (secondary N) is 1. The Morgan fingerprint density at radius 3 is 2.30 bits per heavy atom. The third-order valence-electron chi connectivity index (χ3n) is 2.33. The minimum absolute atomic E-state index is 0.152. The smallest absolute Gasteiger partial charge is 0.320 e. The highest BCUT2D eigenvalue weighted by atomic mass is 32.2. The number of primary amides is 1. The van der Waals surface area contributed by atoms with Crippen molar-refractivity contribution < 1.29 is 27.9 Å². The van der Waals surface area contributed by atoms with Gasteiger partial charge in [0, 0.05) is 11.8 Å². The third-order valence-corrected chi connectivity index (χ3v) is 3.64. The summed E-state index contributed by atoms with van der Waals surface area (Å²) in [5.74, 6) is -3.71. The fraction of sp³-hybridized carbons (Fsp3) is 0.500. The minimum Gasteiger partial charge on any atom is -0.480 e. The van der Waals surface area contributed by atoms with Gasteiger partial charge in [0.2, 0.25) is 11.8 Å². The molecule has 9 nitrogen and oxygen atoms in total. The van der Waals surface area contributed by atoms with Gasteiger partial charge < -0.3 is 21.9 Å². The highest BCUT2D eigenvalue weighted by Crippen LogP contribution is 1.99. The number of rotatable bonds is 9. The number of amides is 2. The molecule has 20 heavy (non-hydrogen) atoms. The van der Waals surface area contributed by atoms with Crippen LogP contribution in [0.1, 0.15) is 12.8 Å². The van der Waals surface area contributed by atoms with E-state index in [0.717, 1.165) is 0 Å². The van der Waals surface area contributed by atoms with Crippen molar-refractivity contribution in [2.24, 2.45) is 11.5 Å². The molecule has 0 aliphatic carbocycles. The summed E-state index contributed by atoms with van der Waals surface area (Å²) in [6.07, 6.45) is -0.424. The molecule has 0 heterocycles. The van der Waals surface area contributed by atoms with E-state index in [2.05, 4.69) is 11.9 Å². The van der Waals surface area contributed by atoms with Crippen molar-refractivity contribution >= 4 is 27.6 Å². The van der Waals surface area contributed by atoms with Crippen LogP contribution in [0.15, 0.2) is 12.0 Å². The molecule has 114 valence electrons. The second-order valence-corrected chi connectivity index (χ2v) is 5.99. The molecule has 2 atom stereocenters. The highest BCUT2D eigenvalue weighted by Gasteiger charge is 2.24. The molecule has 0 unspecified atom stereocenters. The first-order chi connectivity index (χ1) is 9.09. The topological polar surface area (TPSA) is 170 Å². The van der Waals surface area contributed by atoms with Crippen LogP contribution in [0, 0.1) is 0 Å². The van der Waals surface area contributed by atoms with E-state index >= 15 is 0 Å². The molecule has 0 saturated carbocycles. The lowest BCUT2D eigenvalue weighted by Crippen LogP contribution is -2.48. The van der Waals surface area contributed by atoms with Crippen molar-refractivity contribution in [3.8, 4) is 0 Å². The van der Waals surface area contributed by atoms with Gasteiger partial charge in [-0.3, -0.25) is 14.4 Å². The minimum atomic E-state index is -3.72. The van der Waals surface area contributed by atoms with Crippen LogP contribution in [-0.4, -0.2) is 49.1 Å². The van der Waals surface area contributed by atoms with E-state index in [1.54, 1.807) is 0 Å². The van der Waals surface area contributed by atoms with E-state index in [9.17, 15) is 22.8 Å². The predicted molar refractivity (Wildman–Crippen MR) is 70.0 cm³/mol. The Kier molecular flexibility index (Phi) is 6.86. The predicted octanol–water partition coefficient (Wildman–Crippen LogP) is -2.29. The van der Waals surface area contributed by atoms with Crippen molar-refractivity contribution in [2.75, 3.05) is 5.75 Å². The van der Waals surface area contributed by atoms with Crippen molar-refractivity contribution in [1.29, 1.82) is 0 Å². The summed E-state index contributed by atoms with van der Waals surface area (Å²) in [5.41, 5.74) is 10.2. The molecule has 0 aromatic rings. The summed E-state index contributed by atoms with van der Waals surface area (Å²) in [4.78, 5) is 33.0. The van der Waals surface area contributed by atoms with Crippen LogP contribution in [0.2, 0.25) is 0 Å². The Balaban J connectivity index is 4.54. The van der Waals surface area contributed by atoms with Gasteiger partial charge in [0.25, 0.3) is 0 Å². The molecule has 0 aromatic carbocycles. The third kappa shape index (κ3) is 6.85. The van der Waals surface area contributed by atoms with Crippen molar-refractivity contribution in [1.82, 2.24) is 5.32 Å². The molecular weight excluding hydrogens is 290 g/mol. The number of carboxylic acid groups (broad SMARTS) is 1. The van der Waals surface area contributed by atoms with Crippen LogP contribution in [0.25, 0.3) is 0 Å². The van der Waals surface area contributed by atoms with Gasteiger partial charge in [-0.05, 0) is 6.42 Å². The van der Waals surface area contributed by atoms with Gasteiger partial charge in [-0.2, -0.15) is 0 Å². The lowest BCUT2D eigenvalue weighted by molar-refractivity contribution is -0.138. The number of nitrogens with two attached hydrogens (primary N) is 2. The van der Waals surface area contributed by atoms with Crippen molar-refractivity contribution in [2.45, 2.75) is 24.9 Å². The average molecular weight is 307 g/mol. The average Bonchev–Trinajstić information content (AvgIpc) is 2.34. The second-order valence-electron chi connectivity index (χ2n) is 4.00. The van der Waals surface area contributed by atoms with E-state index in [4.69, 9.17) is 16.6 Å². The van der Waals surface area contributed by atoms with Crippen LogP contribution >= 0.6 is 0 Å². The van der Waals surface area contributed by atoms with Gasteiger partial charge >= 0.3 is 5.97 Å². The first-order valence-corrected chi connectivity index (χ1v) is 7.23. The Bertz CT molecular complexity index is 501. The van der Waals surface area contributed by atoms with Crippen molar-refractivity contribution in [3.63, 3.8) is 0 Å². The van der Waals surface area contributed by atoms with Gasteiger partial charge in [0.05, 0.1) is 5.75 Å². The number of carbonyl (C=O) groups excluding carboxylic acids is 2. The zero-order valence-corrected chi connectivity index (χ0v) is 11.4. The maximum absolute atomic E-state index is 11.5. The fourth-order valence-electron chi connectivity index (χ4n) is 1.17. The molecule has 0 spiro atoms. The molecule has 0 saturated heterocycles. The van der Waals surface area contributed by atoms with Gasteiger partial charge in [-0.25, -0.2) is 8.42 Å². The van der Waals surface area contributed by atoms with E-state index in [1.807, 2.05) is 0 Å². The van der Waals surface area contributed by atoms with E-state index < -0.39 is 45.5 Å². The number of hydrogen-bond donors (Lipinski definition) is 4. The summed E-state index contributed by atoms with van der Waals surface area (Å²) in [6.45, 7) is 3.07. The van der Waals surface area contributed by atoms with Crippen LogP contribution in [0.5, 0.6) is 0 Å². The maximum atomic E-state index is 11.5. The molecule has 0 aliphatic heterocycles. The number of hydrogen-bond acceptors (Lipinski definition) is 6. The molecule has 0 bridgehead atoms. The Morgan fingerprint density at radius 1 is 1.35 bits per heavy atom. The number of sulfone groups is 1. The van der Waals surface area contributed by atoms with Crippen LogP contribution in [0.4, 0.5) is 0 Å². The Hall–Kier alpha value is -1.94. The number of aliphatic carboxylic acids is 1. The lowest BCUT2D eigenvalue weighted by Gasteiger charge is -2.15. The lowest BCUT2D eigenvalue weighted by atomic mass is 10.1. The summed E-state index contributed by atoms with van der Waals surface area (Å²) in [6, 6.07) is -2.63. The van der Waals surface area contributed by atoms with Gasteiger partial charge in [-0.15, -0.1) is 0 Å². The summed E-state index contributed by atoms with van der Waals surface area (Å²) in [5, 5.41) is 11.3. The van der Waals surface area contributed by atoms with Crippen LogP contribution < -0.4 is 16.8 Å². The van der Waals surface area contributed by atoms with E-state index in [1.165, 1.54) is 0 Å². The number of carbonyl (C=O) groups is 3. The van der Waals surface area contributed by atoms with Crippen LogP contribution in [0.3, 0.4) is 0 Å². The molecule has 10 heteroatoms. The first-order valence-electron chi connectivity index (χ1n) is 5.51. The highest BCUT2D eigenvalue weighted by molar-refractivity contribution is 7.94. The molecule has 0 fully saturated rings. The Labute approximate surface area is 115 Å². The SMILES string of the molecule is C=CS(=O)(=O)C[C@H](NC(=O)CC[C@H](N)C(=O)O)C(N)=O. The largest absolute Gasteiger partial charge is 0.480 e. The summed E-state index contributed by atoms with van der Waals surface area (Å²) < 4.78 is 22.6. The summed E-state index contributed by atoms with van der Waals surface area (Å²) in [7, 11) is -3.72. The van der Waals surface area contributed by atoms with Gasteiger partial charge in [0.1, 0.15) is 12.1 Å². The molecule has 0 aromatic heterocycles. The molecule has 2 amide bonds.